The Morgan fingerprint density at radius 3 is 2.15 bits per heavy atom. The lowest BCUT2D eigenvalue weighted by atomic mass is 10.0. The molecule has 1 unspecified atom stereocenters. The number of primary sulfonamides is 1. The third-order valence-corrected chi connectivity index (χ3v) is 5.77. The standard InChI is InChI=1S/C19H18ClFN2O3S/c1-11-3-4-12(2)23(11)17-8-6-13(9-16(17)21)19(24)14-5-7-15(20)18(10-14)27(22,25)26/h3-10,19,24H,1-2H3,(H2,22,25,26). The Hall–Kier alpha value is -2.19. The van der Waals surface area contributed by atoms with Crippen molar-refractivity contribution in [2.45, 2.75) is 24.8 Å². The van der Waals surface area contributed by atoms with Gasteiger partial charge in [-0.3, -0.25) is 0 Å². The van der Waals surface area contributed by atoms with Gasteiger partial charge >= 0.3 is 0 Å². The van der Waals surface area contributed by atoms with Gasteiger partial charge in [-0.1, -0.05) is 23.7 Å². The summed E-state index contributed by atoms with van der Waals surface area (Å²) in [7, 11) is -4.05. The number of nitrogens with two attached hydrogens (primary N) is 1. The Bertz CT molecular complexity index is 1110. The number of benzene rings is 2. The summed E-state index contributed by atoms with van der Waals surface area (Å²) in [6.07, 6.45) is -1.24. The minimum atomic E-state index is -4.05. The van der Waals surface area contributed by atoms with Gasteiger partial charge in [0, 0.05) is 11.4 Å². The summed E-state index contributed by atoms with van der Waals surface area (Å²) in [5.41, 5.74) is 2.66. The molecule has 0 saturated heterocycles. The molecule has 3 N–H and O–H groups in total. The molecule has 0 aliphatic heterocycles. The highest BCUT2D eigenvalue weighted by Crippen LogP contribution is 2.30. The molecule has 3 rings (SSSR count). The third-order valence-electron chi connectivity index (χ3n) is 4.38. The second-order valence-electron chi connectivity index (χ2n) is 6.30. The van der Waals surface area contributed by atoms with Gasteiger partial charge < -0.3 is 9.67 Å². The molecule has 0 radical (unpaired) electrons. The average molecular weight is 409 g/mol. The molecule has 0 saturated carbocycles. The zero-order valence-electron chi connectivity index (χ0n) is 14.6. The van der Waals surface area contributed by atoms with E-state index in [0.717, 1.165) is 11.4 Å². The van der Waals surface area contributed by atoms with Crippen LogP contribution in [0.4, 0.5) is 4.39 Å². The number of sulfonamides is 1. The van der Waals surface area contributed by atoms with Crippen molar-refractivity contribution in [2.75, 3.05) is 0 Å². The van der Waals surface area contributed by atoms with Gasteiger partial charge in [-0.2, -0.15) is 0 Å². The molecule has 27 heavy (non-hydrogen) atoms. The van der Waals surface area contributed by atoms with Crippen LogP contribution in [0.5, 0.6) is 0 Å². The van der Waals surface area contributed by atoms with E-state index in [2.05, 4.69) is 0 Å². The molecule has 0 fully saturated rings. The van der Waals surface area contributed by atoms with Crippen LogP contribution >= 0.6 is 11.6 Å². The zero-order chi connectivity index (χ0) is 19.9. The van der Waals surface area contributed by atoms with Crippen molar-refractivity contribution < 1.29 is 17.9 Å². The molecule has 0 amide bonds. The van der Waals surface area contributed by atoms with Crippen LogP contribution in [0, 0.1) is 19.7 Å². The van der Waals surface area contributed by atoms with Crippen LogP contribution in [-0.4, -0.2) is 18.1 Å². The highest BCUT2D eigenvalue weighted by Gasteiger charge is 2.19. The van der Waals surface area contributed by atoms with Crippen LogP contribution in [0.3, 0.4) is 0 Å². The first-order valence-electron chi connectivity index (χ1n) is 8.04. The first-order valence-corrected chi connectivity index (χ1v) is 9.97. The Kier molecular flexibility index (Phi) is 5.14. The summed E-state index contributed by atoms with van der Waals surface area (Å²) in [5, 5.41) is 15.7. The van der Waals surface area contributed by atoms with E-state index in [0.29, 0.717) is 5.69 Å². The normalized spacial score (nSPS) is 13.0. The monoisotopic (exact) mass is 408 g/mol. The maximum Gasteiger partial charge on any atom is 0.239 e. The average Bonchev–Trinajstić information content (AvgIpc) is 2.92. The van der Waals surface area contributed by atoms with Gasteiger partial charge in [-0.15, -0.1) is 0 Å². The quantitative estimate of drug-likeness (QED) is 0.691. The summed E-state index contributed by atoms with van der Waals surface area (Å²) in [6.45, 7) is 3.75. The van der Waals surface area contributed by atoms with Gasteiger partial charge in [-0.25, -0.2) is 17.9 Å². The Morgan fingerprint density at radius 2 is 1.59 bits per heavy atom. The molecule has 0 aliphatic rings. The van der Waals surface area contributed by atoms with Crippen molar-refractivity contribution in [2.24, 2.45) is 5.14 Å². The highest BCUT2D eigenvalue weighted by molar-refractivity contribution is 7.89. The van der Waals surface area contributed by atoms with E-state index in [-0.39, 0.29) is 21.0 Å². The molecule has 0 spiro atoms. The van der Waals surface area contributed by atoms with Gasteiger partial charge in [0.2, 0.25) is 10.0 Å². The fourth-order valence-electron chi connectivity index (χ4n) is 3.02. The van der Waals surface area contributed by atoms with E-state index in [9.17, 15) is 17.9 Å². The number of aromatic nitrogens is 1. The van der Waals surface area contributed by atoms with Crippen LogP contribution in [-0.2, 0) is 10.0 Å². The molecule has 5 nitrogen and oxygen atoms in total. The second kappa shape index (κ2) is 7.09. The third kappa shape index (κ3) is 3.77. The van der Waals surface area contributed by atoms with E-state index in [4.69, 9.17) is 16.7 Å². The topological polar surface area (TPSA) is 85.3 Å². The van der Waals surface area contributed by atoms with Crippen LogP contribution in [0.25, 0.3) is 5.69 Å². The summed E-state index contributed by atoms with van der Waals surface area (Å²) >= 11 is 5.86. The smallest absolute Gasteiger partial charge is 0.239 e. The lowest BCUT2D eigenvalue weighted by molar-refractivity contribution is 0.219. The molecule has 3 aromatic rings. The fourth-order valence-corrected chi connectivity index (χ4v) is 4.10. The summed E-state index contributed by atoms with van der Waals surface area (Å²) in [4.78, 5) is -0.295. The lowest BCUT2D eigenvalue weighted by Gasteiger charge is -2.16. The van der Waals surface area contributed by atoms with Crippen LogP contribution in [0.2, 0.25) is 5.02 Å². The number of hydrogen-bond acceptors (Lipinski definition) is 3. The van der Waals surface area contributed by atoms with Crippen LogP contribution in [0.15, 0.2) is 53.4 Å². The molecule has 1 heterocycles. The molecular weight excluding hydrogens is 391 g/mol. The number of rotatable bonds is 4. The van der Waals surface area contributed by atoms with E-state index >= 15 is 0 Å². The maximum atomic E-state index is 14.7. The number of aliphatic hydroxyl groups is 1. The van der Waals surface area contributed by atoms with Gasteiger partial charge in [0.05, 0.1) is 10.7 Å². The molecule has 1 aromatic heterocycles. The first-order chi connectivity index (χ1) is 12.6. The number of aryl methyl sites for hydroxylation is 2. The van der Waals surface area contributed by atoms with E-state index < -0.39 is 21.9 Å². The second-order valence-corrected chi connectivity index (χ2v) is 8.24. The predicted octanol–water partition coefficient (Wildman–Crippen LogP) is 3.62. The molecule has 0 aliphatic carbocycles. The number of nitrogens with zero attached hydrogens (tertiary/aromatic N) is 1. The molecule has 142 valence electrons. The number of aliphatic hydroxyl groups excluding tert-OH is 1. The van der Waals surface area contributed by atoms with Crippen molar-refractivity contribution in [3.05, 3.63) is 81.9 Å². The Balaban J connectivity index is 2.02. The van der Waals surface area contributed by atoms with Gasteiger partial charge in [0.15, 0.2) is 0 Å². The van der Waals surface area contributed by atoms with Crippen LogP contribution in [0.1, 0.15) is 28.6 Å². The molecule has 0 bridgehead atoms. The van der Waals surface area contributed by atoms with Gasteiger partial charge in [0.25, 0.3) is 0 Å². The van der Waals surface area contributed by atoms with Crippen molar-refractivity contribution in [1.29, 1.82) is 0 Å². The lowest BCUT2D eigenvalue weighted by Crippen LogP contribution is -2.13. The SMILES string of the molecule is Cc1ccc(C)n1-c1ccc(C(O)c2ccc(Cl)c(S(N)(=O)=O)c2)cc1F. The summed E-state index contributed by atoms with van der Waals surface area (Å²) in [6, 6.07) is 12.2. The Labute approximate surface area is 161 Å². The maximum absolute atomic E-state index is 14.7. The molecule has 2 aromatic carbocycles. The number of halogens is 2. The minimum Gasteiger partial charge on any atom is -0.384 e. The van der Waals surface area contributed by atoms with Crippen molar-refractivity contribution in [3.63, 3.8) is 0 Å². The summed E-state index contributed by atoms with van der Waals surface area (Å²) in [5.74, 6) is -0.505. The summed E-state index contributed by atoms with van der Waals surface area (Å²) < 4.78 is 39.7. The molecule has 1 atom stereocenters. The van der Waals surface area contributed by atoms with Crippen molar-refractivity contribution in [3.8, 4) is 5.69 Å². The highest BCUT2D eigenvalue weighted by atomic mass is 35.5. The van der Waals surface area contributed by atoms with Crippen molar-refractivity contribution in [1.82, 2.24) is 4.57 Å². The Morgan fingerprint density at radius 1 is 1.04 bits per heavy atom. The molecular formula is C19H18ClFN2O3S. The predicted molar refractivity (Wildman–Crippen MR) is 102 cm³/mol. The van der Waals surface area contributed by atoms with Crippen molar-refractivity contribution >= 4 is 21.6 Å². The van der Waals surface area contributed by atoms with Crippen LogP contribution < -0.4 is 5.14 Å². The molecule has 8 heteroatoms. The fraction of sp³-hybridized carbons (Fsp3) is 0.158. The zero-order valence-corrected chi connectivity index (χ0v) is 16.2. The van der Waals surface area contributed by atoms with E-state index in [1.165, 1.54) is 24.3 Å². The minimum absolute atomic E-state index is 0.0477. The largest absolute Gasteiger partial charge is 0.384 e. The van der Waals surface area contributed by atoms with Gasteiger partial charge in [0.1, 0.15) is 16.8 Å². The van der Waals surface area contributed by atoms with E-state index in [1.54, 1.807) is 16.7 Å². The number of hydrogen-bond donors (Lipinski definition) is 2. The van der Waals surface area contributed by atoms with E-state index in [1.807, 2.05) is 26.0 Å². The van der Waals surface area contributed by atoms with Gasteiger partial charge in [-0.05, 0) is 61.4 Å². The first kappa shape index (κ1) is 19.6.